The van der Waals surface area contributed by atoms with Gasteiger partial charge in [-0.25, -0.2) is 9.97 Å². The van der Waals surface area contributed by atoms with Gasteiger partial charge < -0.3 is 20.7 Å². The second-order valence-corrected chi connectivity index (χ2v) is 7.53. The van der Waals surface area contributed by atoms with E-state index in [2.05, 4.69) is 15.3 Å². The van der Waals surface area contributed by atoms with Crippen LogP contribution >= 0.6 is 0 Å². The fourth-order valence-electron chi connectivity index (χ4n) is 3.63. The summed E-state index contributed by atoms with van der Waals surface area (Å²) in [6.07, 6.45) is 3.42. The lowest BCUT2D eigenvalue weighted by Crippen LogP contribution is -2.37. The van der Waals surface area contributed by atoms with E-state index >= 15 is 0 Å². The van der Waals surface area contributed by atoms with Crippen LogP contribution in [0.5, 0.6) is 0 Å². The van der Waals surface area contributed by atoms with E-state index in [1.165, 1.54) is 13.3 Å². The van der Waals surface area contributed by atoms with Crippen LogP contribution in [0.25, 0.3) is 22.2 Å². The van der Waals surface area contributed by atoms with Gasteiger partial charge in [-0.15, -0.1) is 0 Å². The lowest BCUT2D eigenvalue weighted by Gasteiger charge is -2.23. The molecular formula is C23H23N5O2. The summed E-state index contributed by atoms with van der Waals surface area (Å²) < 4.78 is 1.91. The minimum Gasteiger partial charge on any atom is -0.383 e. The van der Waals surface area contributed by atoms with Gasteiger partial charge in [-0.2, -0.15) is 0 Å². The average molecular weight is 401 g/mol. The molecule has 0 spiro atoms. The number of amides is 1. The van der Waals surface area contributed by atoms with Crippen LogP contribution in [-0.4, -0.2) is 25.5 Å². The molecule has 0 bridgehead atoms. The summed E-state index contributed by atoms with van der Waals surface area (Å²) in [5.41, 5.74) is 9.19. The summed E-state index contributed by atoms with van der Waals surface area (Å²) in [5.74, 6) is -0.0741. The molecule has 1 atom stereocenters. The number of benzene rings is 2. The summed E-state index contributed by atoms with van der Waals surface area (Å²) in [4.78, 5) is 21.2. The molecule has 1 unspecified atom stereocenters. The first-order valence-corrected chi connectivity index (χ1v) is 9.55. The fraction of sp³-hybridized carbons (Fsp3) is 0.174. The summed E-state index contributed by atoms with van der Waals surface area (Å²) >= 11 is 0. The average Bonchev–Trinajstić information content (AvgIpc) is 3.06. The molecule has 0 saturated heterocycles. The lowest BCUT2D eigenvalue weighted by molar-refractivity contribution is -0.133. The topological polar surface area (TPSA) is 106 Å². The van der Waals surface area contributed by atoms with Crippen LogP contribution in [0.3, 0.4) is 0 Å². The molecule has 0 aliphatic rings. The Balaban J connectivity index is 1.66. The molecule has 0 radical (unpaired) electrons. The van der Waals surface area contributed by atoms with Gasteiger partial charge in [0.2, 0.25) is 0 Å². The Morgan fingerprint density at radius 2 is 1.87 bits per heavy atom. The van der Waals surface area contributed by atoms with Crippen molar-refractivity contribution in [3.63, 3.8) is 0 Å². The van der Waals surface area contributed by atoms with Crippen molar-refractivity contribution in [3.05, 3.63) is 72.2 Å². The number of anilines is 2. The molecule has 0 aliphatic carbocycles. The Hall–Kier alpha value is -3.71. The number of aliphatic hydroxyl groups is 1. The number of hydrogen-bond donors (Lipinski definition) is 3. The number of fused-ring (bicyclic) bond motifs is 1. The molecule has 30 heavy (non-hydrogen) atoms. The Kier molecular flexibility index (Phi) is 4.75. The quantitative estimate of drug-likeness (QED) is 0.486. The zero-order valence-corrected chi connectivity index (χ0v) is 17.0. The van der Waals surface area contributed by atoms with Crippen LogP contribution < -0.4 is 11.1 Å². The molecule has 7 heteroatoms. The number of nitrogens with two attached hydrogens (primary N) is 1. The first-order valence-electron chi connectivity index (χ1n) is 9.55. The van der Waals surface area contributed by atoms with Crippen LogP contribution in [0.15, 0.2) is 61.1 Å². The molecule has 1 amide bonds. The molecule has 4 aromatic rings. The smallest absolute Gasteiger partial charge is 0.260 e. The van der Waals surface area contributed by atoms with E-state index in [-0.39, 0.29) is 0 Å². The van der Waals surface area contributed by atoms with Crippen molar-refractivity contribution in [2.75, 3.05) is 11.1 Å². The van der Waals surface area contributed by atoms with Crippen molar-refractivity contribution in [1.29, 1.82) is 0 Å². The highest BCUT2D eigenvalue weighted by Crippen LogP contribution is 2.35. The summed E-state index contributed by atoms with van der Waals surface area (Å²) in [5, 5.41) is 14.3. The highest BCUT2D eigenvalue weighted by Gasteiger charge is 2.32. The predicted molar refractivity (Wildman–Crippen MR) is 118 cm³/mol. The third-order valence-electron chi connectivity index (χ3n) is 5.34. The van der Waals surface area contributed by atoms with E-state index in [4.69, 9.17) is 5.73 Å². The second kappa shape index (κ2) is 7.27. The van der Waals surface area contributed by atoms with E-state index in [9.17, 15) is 9.90 Å². The van der Waals surface area contributed by atoms with Gasteiger partial charge in [0.15, 0.2) is 5.60 Å². The predicted octanol–water partition coefficient (Wildman–Crippen LogP) is 3.37. The summed E-state index contributed by atoms with van der Waals surface area (Å²) in [6.45, 7) is 3.44. The first kappa shape index (κ1) is 19.6. The zero-order chi connectivity index (χ0) is 21.5. The van der Waals surface area contributed by atoms with Crippen molar-refractivity contribution in [1.82, 2.24) is 14.5 Å². The molecule has 0 fully saturated rings. The van der Waals surface area contributed by atoms with Crippen molar-refractivity contribution in [2.45, 2.75) is 19.4 Å². The van der Waals surface area contributed by atoms with Crippen molar-refractivity contribution >= 4 is 28.4 Å². The van der Waals surface area contributed by atoms with E-state index in [1.807, 2.05) is 42.9 Å². The van der Waals surface area contributed by atoms with Gasteiger partial charge >= 0.3 is 0 Å². The first-order chi connectivity index (χ1) is 14.3. The maximum absolute atomic E-state index is 12.7. The SMILES string of the molecule is Cc1cc(NC(=O)C(C)(O)c2ccccc2)ccc1-c1cn(C)c2ncnc(N)c12. The van der Waals surface area contributed by atoms with E-state index in [1.54, 1.807) is 30.3 Å². The second-order valence-electron chi connectivity index (χ2n) is 7.53. The number of carbonyl (C=O) groups is 1. The fourth-order valence-corrected chi connectivity index (χ4v) is 3.63. The Labute approximate surface area is 174 Å². The molecule has 0 aliphatic heterocycles. The van der Waals surface area contributed by atoms with Crippen LogP contribution in [0.1, 0.15) is 18.1 Å². The molecular weight excluding hydrogens is 378 g/mol. The lowest BCUT2D eigenvalue weighted by atomic mass is 9.95. The van der Waals surface area contributed by atoms with Crippen molar-refractivity contribution in [2.24, 2.45) is 7.05 Å². The molecule has 4 N–H and O–H groups in total. The highest BCUT2D eigenvalue weighted by atomic mass is 16.3. The number of nitrogens with zero attached hydrogens (tertiary/aromatic N) is 3. The monoisotopic (exact) mass is 401 g/mol. The van der Waals surface area contributed by atoms with Crippen LogP contribution in [0.2, 0.25) is 0 Å². The van der Waals surface area contributed by atoms with Gasteiger partial charge in [-0.3, -0.25) is 4.79 Å². The number of aromatic nitrogens is 3. The number of rotatable bonds is 4. The van der Waals surface area contributed by atoms with Crippen molar-refractivity contribution < 1.29 is 9.90 Å². The van der Waals surface area contributed by atoms with Crippen LogP contribution in [-0.2, 0) is 17.4 Å². The number of hydrogen-bond acceptors (Lipinski definition) is 5. The Morgan fingerprint density at radius 1 is 1.13 bits per heavy atom. The molecule has 2 aromatic carbocycles. The standard InChI is InChI=1S/C23H23N5O2/c1-14-11-16(27-22(29)23(2,30)15-7-5-4-6-8-15)9-10-17(14)18-12-28(3)21-19(18)20(24)25-13-26-21/h4-13,30H,1-3H3,(H,27,29)(H2,24,25,26). The molecule has 0 saturated carbocycles. The Morgan fingerprint density at radius 3 is 2.57 bits per heavy atom. The molecule has 7 nitrogen and oxygen atoms in total. The molecule has 152 valence electrons. The maximum Gasteiger partial charge on any atom is 0.260 e. The highest BCUT2D eigenvalue weighted by molar-refractivity contribution is 6.02. The third-order valence-corrected chi connectivity index (χ3v) is 5.34. The van der Waals surface area contributed by atoms with Gasteiger partial charge in [-0.1, -0.05) is 36.4 Å². The number of nitrogen functional groups attached to an aromatic ring is 1. The normalized spacial score (nSPS) is 13.2. The van der Waals surface area contributed by atoms with Gasteiger partial charge in [0, 0.05) is 24.5 Å². The summed E-state index contributed by atoms with van der Waals surface area (Å²) in [7, 11) is 1.91. The largest absolute Gasteiger partial charge is 0.383 e. The van der Waals surface area contributed by atoms with Gasteiger partial charge in [0.05, 0.1) is 5.39 Å². The third kappa shape index (κ3) is 3.29. The zero-order valence-electron chi connectivity index (χ0n) is 17.0. The van der Waals surface area contributed by atoms with Crippen LogP contribution in [0.4, 0.5) is 11.5 Å². The van der Waals surface area contributed by atoms with E-state index < -0.39 is 11.5 Å². The molecule has 4 rings (SSSR count). The minimum atomic E-state index is -1.64. The number of carbonyl (C=O) groups excluding carboxylic acids is 1. The van der Waals surface area contributed by atoms with Gasteiger partial charge in [-0.05, 0) is 42.7 Å². The number of aryl methyl sites for hydroxylation is 2. The summed E-state index contributed by atoms with van der Waals surface area (Å²) in [6, 6.07) is 14.5. The van der Waals surface area contributed by atoms with Gasteiger partial charge in [0.1, 0.15) is 17.8 Å². The number of nitrogens with one attached hydrogen (secondary N) is 1. The van der Waals surface area contributed by atoms with Crippen molar-refractivity contribution in [3.8, 4) is 11.1 Å². The van der Waals surface area contributed by atoms with E-state index in [0.29, 0.717) is 17.1 Å². The van der Waals surface area contributed by atoms with E-state index in [0.717, 1.165) is 27.7 Å². The van der Waals surface area contributed by atoms with Gasteiger partial charge in [0.25, 0.3) is 5.91 Å². The maximum atomic E-state index is 12.7. The molecule has 2 aromatic heterocycles. The Bertz CT molecular complexity index is 1250. The minimum absolute atomic E-state index is 0.422. The molecule has 2 heterocycles. The van der Waals surface area contributed by atoms with Crippen LogP contribution in [0, 0.1) is 6.92 Å².